The monoisotopic (exact) mass is 232 g/mol. The number of hydrogen-bond donors (Lipinski definition) is 1. The quantitative estimate of drug-likeness (QED) is 0.863. The molecule has 2 nitrogen and oxygen atoms in total. The molecule has 1 fully saturated rings. The summed E-state index contributed by atoms with van der Waals surface area (Å²) in [4.78, 5) is 2.58. The minimum atomic E-state index is 0.619. The van der Waals surface area contributed by atoms with Gasteiger partial charge >= 0.3 is 0 Å². The van der Waals surface area contributed by atoms with Crippen LogP contribution in [0.25, 0.3) is 0 Å². The summed E-state index contributed by atoms with van der Waals surface area (Å²) in [5.74, 6) is 0. The molecule has 1 aromatic rings. The third-order valence-electron chi connectivity index (χ3n) is 3.79. The first kappa shape index (κ1) is 12.6. The van der Waals surface area contributed by atoms with Crippen molar-refractivity contribution >= 4 is 0 Å². The van der Waals surface area contributed by atoms with Crippen LogP contribution in [-0.4, -0.2) is 30.6 Å². The summed E-state index contributed by atoms with van der Waals surface area (Å²) < 4.78 is 0. The van der Waals surface area contributed by atoms with Gasteiger partial charge in [-0.15, -0.1) is 0 Å². The Morgan fingerprint density at radius 3 is 3.00 bits per heavy atom. The predicted molar refractivity (Wildman–Crippen MR) is 73.1 cm³/mol. The second-order valence-corrected chi connectivity index (χ2v) is 5.16. The highest BCUT2D eigenvalue weighted by atomic mass is 15.2. The molecule has 0 aliphatic carbocycles. The standard InChI is InChI=1S/C15H24N2/c1-13-5-4-6-14(11-13)8-10-17-9-3-2-7-15(17)12-16/h4-6,11,15H,2-3,7-10,12,16H2,1H3/t15-/m0/s1. The molecular formula is C15H24N2. The van der Waals surface area contributed by atoms with Crippen LogP contribution in [0.4, 0.5) is 0 Å². The fourth-order valence-corrected chi connectivity index (χ4v) is 2.76. The van der Waals surface area contributed by atoms with Crippen LogP contribution in [0.3, 0.4) is 0 Å². The van der Waals surface area contributed by atoms with E-state index in [9.17, 15) is 0 Å². The number of nitrogens with zero attached hydrogens (tertiary/aromatic N) is 1. The summed E-state index contributed by atoms with van der Waals surface area (Å²) in [5.41, 5.74) is 8.65. The Labute approximate surface area is 105 Å². The number of piperidine rings is 1. The number of hydrogen-bond acceptors (Lipinski definition) is 2. The lowest BCUT2D eigenvalue weighted by atomic mass is 10.0. The van der Waals surface area contributed by atoms with E-state index in [1.807, 2.05) is 0 Å². The Morgan fingerprint density at radius 2 is 2.24 bits per heavy atom. The maximum Gasteiger partial charge on any atom is 0.0218 e. The summed E-state index contributed by atoms with van der Waals surface area (Å²) in [6, 6.07) is 9.46. The molecule has 0 spiro atoms. The number of rotatable bonds is 4. The molecule has 0 amide bonds. The molecule has 0 aromatic heterocycles. The lowest BCUT2D eigenvalue weighted by molar-refractivity contribution is 0.155. The molecule has 94 valence electrons. The second kappa shape index (κ2) is 6.18. The highest BCUT2D eigenvalue weighted by molar-refractivity contribution is 5.22. The van der Waals surface area contributed by atoms with Crippen LogP contribution in [0.2, 0.25) is 0 Å². The zero-order valence-corrected chi connectivity index (χ0v) is 10.9. The van der Waals surface area contributed by atoms with Crippen molar-refractivity contribution in [1.29, 1.82) is 0 Å². The molecule has 1 saturated heterocycles. The third kappa shape index (κ3) is 3.55. The van der Waals surface area contributed by atoms with Crippen molar-refractivity contribution < 1.29 is 0 Å². The van der Waals surface area contributed by atoms with Crippen molar-refractivity contribution in [3.05, 3.63) is 35.4 Å². The van der Waals surface area contributed by atoms with Crippen LogP contribution in [0.1, 0.15) is 30.4 Å². The number of benzene rings is 1. The maximum atomic E-state index is 5.85. The van der Waals surface area contributed by atoms with Crippen LogP contribution in [-0.2, 0) is 6.42 Å². The molecule has 0 bridgehead atoms. The molecule has 2 N–H and O–H groups in total. The molecular weight excluding hydrogens is 208 g/mol. The van der Waals surface area contributed by atoms with E-state index in [2.05, 4.69) is 36.1 Å². The molecule has 1 aliphatic heterocycles. The third-order valence-corrected chi connectivity index (χ3v) is 3.79. The normalized spacial score (nSPS) is 21.6. The van der Waals surface area contributed by atoms with Gasteiger partial charge in [0.25, 0.3) is 0 Å². The number of nitrogens with two attached hydrogens (primary N) is 1. The topological polar surface area (TPSA) is 29.3 Å². The first-order chi connectivity index (χ1) is 8.29. The van der Waals surface area contributed by atoms with Gasteiger partial charge in [-0.2, -0.15) is 0 Å². The van der Waals surface area contributed by atoms with Crippen LogP contribution in [0.5, 0.6) is 0 Å². The molecule has 1 aliphatic rings. The van der Waals surface area contributed by atoms with E-state index in [-0.39, 0.29) is 0 Å². The Bertz CT molecular complexity index is 349. The van der Waals surface area contributed by atoms with E-state index in [1.165, 1.54) is 36.9 Å². The van der Waals surface area contributed by atoms with E-state index in [0.717, 1.165) is 19.5 Å². The van der Waals surface area contributed by atoms with Gasteiger partial charge in [-0.25, -0.2) is 0 Å². The Hall–Kier alpha value is -0.860. The largest absolute Gasteiger partial charge is 0.329 e. The molecule has 17 heavy (non-hydrogen) atoms. The molecule has 1 atom stereocenters. The summed E-state index contributed by atoms with van der Waals surface area (Å²) in [7, 11) is 0. The van der Waals surface area contributed by atoms with Crippen molar-refractivity contribution in [2.45, 2.75) is 38.6 Å². The minimum Gasteiger partial charge on any atom is -0.329 e. The van der Waals surface area contributed by atoms with Crippen molar-refractivity contribution in [3.8, 4) is 0 Å². The molecule has 1 aromatic carbocycles. The van der Waals surface area contributed by atoms with Gasteiger partial charge in [-0.1, -0.05) is 36.2 Å². The lowest BCUT2D eigenvalue weighted by Crippen LogP contribution is -2.44. The Balaban J connectivity index is 1.88. The van der Waals surface area contributed by atoms with E-state index >= 15 is 0 Å². The van der Waals surface area contributed by atoms with Gasteiger partial charge in [-0.05, 0) is 38.3 Å². The predicted octanol–water partition coefficient (Wildman–Crippen LogP) is 2.35. The number of aryl methyl sites for hydroxylation is 1. The fourth-order valence-electron chi connectivity index (χ4n) is 2.76. The van der Waals surface area contributed by atoms with Crippen molar-refractivity contribution in [1.82, 2.24) is 4.90 Å². The van der Waals surface area contributed by atoms with Crippen molar-refractivity contribution in [3.63, 3.8) is 0 Å². The summed E-state index contributed by atoms with van der Waals surface area (Å²) in [6.07, 6.45) is 5.12. The number of likely N-dealkylation sites (tertiary alicyclic amines) is 1. The van der Waals surface area contributed by atoms with Crippen molar-refractivity contribution in [2.75, 3.05) is 19.6 Å². The lowest BCUT2D eigenvalue weighted by Gasteiger charge is -2.35. The molecule has 2 rings (SSSR count). The summed E-state index contributed by atoms with van der Waals surface area (Å²) in [5, 5.41) is 0. The van der Waals surface area contributed by atoms with Gasteiger partial charge in [0.15, 0.2) is 0 Å². The van der Waals surface area contributed by atoms with Crippen LogP contribution in [0, 0.1) is 6.92 Å². The highest BCUT2D eigenvalue weighted by Crippen LogP contribution is 2.16. The molecule has 1 heterocycles. The van der Waals surface area contributed by atoms with E-state index in [0.29, 0.717) is 6.04 Å². The van der Waals surface area contributed by atoms with Gasteiger partial charge in [0.1, 0.15) is 0 Å². The van der Waals surface area contributed by atoms with Gasteiger partial charge in [0.05, 0.1) is 0 Å². The average Bonchev–Trinajstić information content (AvgIpc) is 2.37. The van der Waals surface area contributed by atoms with Gasteiger partial charge in [0.2, 0.25) is 0 Å². The smallest absolute Gasteiger partial charge is 0.0218 e. The van der Waals surface area contributed by atoms with Crippen molar-refractivity contribution in [2.24, 2.45) is 5.73 Å². The molecule has 0 saturated carbocycles. The van der Waals surface area contributed by atoms with E-state index < -0.39 is 0 Å². The summed E-state index contributed by atoms with van der Waals surface area (Å²) in [6.45, 7) is 5.36. The van der Waals surface area contributed by atoms with E-state index in [1.54, 1.807) is 0 Å². The molecule has 0 unspecified atom stereocenters. The zero-order chi connectivity index (χ0) is 12.1. The zero-order valence-electron chi connectivity index (χ0n) is 10.9. The second-order valence-electron chi connectivity index (χ2n) is 5.16. The van der Waals surface area contributed by atoms with Crippen LogP contribution in [0.15, 0.2) is 24.3 Å². The molecule has 0 radical (unpaired) electrons. The maximum absolute atomic E-state index is 5.85. The van der Waals surface area contributed by atoms with Crippen LogP contribution >= 0.6 is 0 Å². The fraction of sp³-hybridized carbons (Fsp3) is 0.600. The molecule has 2 heteroatoms. The summed E-state index contributed by atoms with van der Waals surface area (Å²) >= 11 is 0. The van der Waals surface area contributed by atoms with E-state index in [4.69, 9.17) is 5.73 Å². The average molecular weight is 232 g/mol. The van der Waals surface area contributed by atoms with Gasteiger partial charge < -0.3 is 5.73 Å². The Kier molecular flexibility index (Phi) is 4.57. The minimum absolute atomic E-state index is 0.619. The van der Waals surface area contributed by atoms with Gasteiger partial charge in [0, 0.05) is 19.1 Å². The Morgan fingerprint density at radius 1 is 1.35 bits per heavy atom. The first-order valence-corrected chi connectivity index (χ1v) is 6.79. The first-order valence-electron chi connectivity index (χ1n) is 6.79. The van der Waals surface area contributed by atoms with Gasteiger partial charge in [-0.3, -0.25) is 4.90 Å². The van der Waals surface area contributed by atoms with Crippen LogP contribution < -0.4 is 5.73 Å². The highest BCUT2D eigenvalue weighted by Gasteiger charge is 2.20. The SMILES string of the molecule is Cc1cccc(CCN2CCCC[C@H]2CN)c1.